The van der Waals surface area contributed by atoms with Crippen molar-refractivity contribution in [3.8, 4) is 0 Å². The molecule has 28 heavy (non-hydrogen) atoms. The van der Waals surface area contributed by atoms with E-state index in [0.29, 0.717) is 44.1 Å². The van der Waals surface area contributed by atoms with Gasteiger partial charge in [-0.15, -0.1) is 24.0 Å². The summed E-state index contributed by atoms with van der Waals surface area (Å²) in [7, 11) is 0. The summed E-state index contributed by atoms with van der Waals surface area (Å²) in [4.78, 5) is 6.33. The van der Waals surface area contributed by atoms with Crippen LogP contribution in [-0.4, -0.2) is 36.3 Å². The molecule has 0 radical (unpaired) electrons. The van der Waals surface area contributed by atoms with Gasteiger partial charge in [-0.2, -0.15) is 0 Å². The molecule has 1 atom stereocenters. The molecule has 0 saturated carbocycles. The van der Waals surface area contributed by atoms with Crippen LogP contribution < -0.4 is 16.0 Å². The molecule has 1 heterocycles. The number of nitrogens with one attached hydrogen (secondary N) is 1. The van der Waals surface area contributed by atoms with Crippen molar-refractivity contribution in [1.29, 1.82) is 0 Å². The average Bonchev–Trinajstić information content (AvgIpc) is 2.60. The van der Waals surface area contributed by atoms with Crippen LogP contribution in [0.2, 0.25) is 0 Å². The van der Waals surface area contributed by atoms with Crippen LogP contribution >= 0.6 is 24.0 Å². The lowest BCUT2D eigenvalue weighted by Crippen LogP contribution is -2.38. The number of halogens is 2. The Kier molecular flexibility index (Phi) is 11.1. The van der Waals surface area contributed by atoms with Crippen LogP contribution in [0.5, 0.6) is 0 Å². The molecule has 0 spiro atoms. The van der Waals surface area contributed by atoms with E-state index in [2.05, 4.69) is 31.1 Å². The van der Waals surface area contributed by atoms with E-state index in [4.69, 9.17) is 5.73 Å². The van der Waals surface area contributed by atoms with Gasteiger partial charge in [0.2, 0.25) is 0 Å². The van der Waals surface area contributed by atoms with Crippen molar-refractivity contribution >= 4 is 35.6 Å². The van der Waals surface area contributed by atoms with Gasteiger partial charge in [-0.25, -0.2) is 9.38 Å². The quantitative estimate of drug-likeness (QED) is 0.283. The predicted octanol–water partition coefficient (Wildman–Crippen LogP) is 4.02. The van der Waals surface area contributed by atoms with Gasteiger partial charge in [-0.05, 0) is 49.8 Å². The number of hydrogen-bond donors (Lipinski definition) is 3. The second-order valence-corrected chi connectivity index (χ2v) is 8.08. The Morgan fingerprint density at radius 2 is 1.96 bits per heavy atom. The Morgan fingerprint density at radius 3 is 2.57 bits per heavy atom. The van der Waals surface area contributed by atoms with Gasteiger partial charge in [-0.3, -0.25) is 0 Å². The minimum atomic E-state index is -0.263. The van der Waals surface area contributed by atoms with E-state index < -0.39 is 0 Å². The van der Waals surface area contributed by atoms with Gasteiger partial charge in [0.05, 0.1) is 18.3 Å². The first kappa shape index (κ1) is 24.9. The van der Waals surface area contributed by atoms with Gasteiger partial charge >= 0.3 is 0 Å². The number of nitrogens with zero attached hydrogens (tertiary/aromatic N) is 2. The first-order valence-corrected chi connectivity index (χ1v) is 10.1. The maximum absolute atomic E-state index is 14.5. The molecule has 160 valence electrons. The number of aliphatic hydroxyl groups excluding tert-OH is 1. The Balaban J connectivity index is 0.00000392. The number of guanidine groups is 1. The minimum Gasteiger partial charge on any atom is -0.393 e. The van der Waals surface area contributed by atoms with Crippen molar-refractivity contribution in [2.75, 3.05) is 18.0 Å². The molecule has 1 unspecified atom stereocenters. The van der Waals surface area contributed by atoms with E-state index in [1.807, 2.05) is 11.0 Å². The van der Waals surface area contributed by atoms with E-state index in [9.17, 15) is 9.50 Å². The normalized spacial score (nSPS) is 16.8. The molecule has 5 nitrogen and oxygen atoms in total. The first-order chi connectivity index (χ1) is 12.8. The summed E-state index contributed by atoms with van der Waals surface area (Å²) < 4.78 is 14.5. The number of aliphatic imine (C=N–C) groups is 1. The Morgan fingerprint density at radius 1 is 1.29 bits per heavy atom. The monoisotopic (exact) mass is 506 g/mol. The lowest BCUT2D eigenvalue weighted by molar-refractivity contribution is 0.145. The molecule has 1 aromatic rings. The fourth-order valence-electron chi connectivity index (χ4n) is 3.39. The average molecular weight is 506 g/mol. The molecule has 1 saturated heterocycles. The Labute approximate surface area is 186 Å². The van der Waals surface area contributed by atoms with Crippen LogP contribution in [0.3, 0.4) is 0 Å². The SMILES string of the molecule is CC(C)CCCC(C)NC(N)=NCc1ccc(N2CCC(O)CC2)c(F)c1.I. The first-order valence-electron chi connectivity index (χ1n) is 10.1. The van der Waals surface area contributed by atoms with Crippen molar-refractivity contribution < 1.29 is 9.50 Å². The number of aliphatic hydroxyl groups is 1. The van der Waals surface area contributed by atoms with E-state index in [1.54, 1.807) is 6.07 Å². The summed E-state index contributed by atoms with van der Waals surface area (Å²) in [5.41, 5.74) is 7.36. The van der Waals surface area contributed by atoms with Gasteiger partial charge < -0.3 is 21.1 Å². The lowest BCUT2D eigenvalue weighted by Gasteiger charge is -2.31. The highest BCUT2D eigenvalue weighted by atomic mass is 127. The van der Waals surface area contributed by atoms with Crippen LogP contribution in [-0.2, 0) is 6.54 Å². The highest BCUT2D eigenvalue weighted by molar-refractivity contribution is 14.0. The van der Waals surface area contributed by atoms with Crippen molar-refractivity contribution in [1.82, 2.24) is 5.32 Å². The summed E-state index contributed by atoms with van der Waals surface area (Å²) in [6.45, 7) is 8.28. The molecule has 0 amide bonds. The largest absolute Gasteiger partial charge is 0.393 e. The second-order valence-electron chi connectivity index (χ2n) is 8.08. The zero-order valence-electron chi connectivity index (χ0n) is 17.3. The topological polar surface area (TPSA) is 73.9 Å². The smallest absolute Gasteiger partial charge is 0.189 e. The van der Waals surface area contributed by atoms with Crippen molar-refractivity contribution in [2.45, 2.75) is 71.6 Å². The van der Waals surface area contributed by atoms with Crippen LogP contribution in [0.1, 0.15) is 58.4 Å². The molecule has 4 N–H and O–H groups in total. The van der Waals surface area contributed by atoms with Crippen LogP contribution in [0.4, 0.5) is 10.1 Å². The fraction of sp³-hybridized carbons (Fsp3) is 0.667. The highest BCUT2D eigenvalue weighted by Crippen LogP contribution is 2.24. The number of rotatable bonds is 8. The van der Waals surface area contributed by atoms with E-state index in [0.717, 1.165) is 17.9 Å². The van der Waals surface area contributed by atoms with Crippen LogP contribution in [0.15, 0.2) is 23.2 Å². The number of anilines is 1. The summed E-state index contributed by atoms with van der Waals surface area (Å²) in [6.07, 6.45) is 4.54. The third-order valence-electron chi connectivity index (χ3n) is 5.06. The molecular formula is C21H36FIN4O. The summed E-state index contributed by atoms with van der Waals surface area (Å²) >= 11 is 0. The molecule has 1 aromatic carbocycles. The van der Waals surface area contributed by atoms with Crippen molar-refractivity contribution in [2.24, 2.45) is 16.6 Å². The molecule has 1 aliphatic rings. The van der Waals surface area contributed by atoms with Crippen molar-refractivity contribution in [3.05, 3.63) is 29.6 Å². The van der Waals surface area contributed by atoms with Crippen molar-refractivity contribution in [3.63, 3.8) is 0 Å². The zero-order valence-corrected chi connectivity index (χ0v) is 19.7. The second kappa shape index (κ2) is 12.5. The van der Waals surface area contributed by atoms with E-state index in [-0.39, 0.29) is 41.9 Å². The maximum atomic E-state index is 14.5. The minimum absolute atomic E-state index is 0. The fourth-order valence-corrected chi connectivity index (χ4v) is 3.39. The third-order valence-corrected chi connectivity index (χ3v) is 5.06. The highest BCUT2D eigenvalue weighted by Gasteiger charge is 2.19. The Bertz CT molecular complexity index is 618. The van der Waals surface area contributed by atoms with Gasteiger partial charge in [0.25, 0.3) is 0 Å². The van der Waals surface area contributed by atoms with Crippen LogP contribution in [0.25, 0.3) is 0 Å². The molecule has 1 aliphatic heterocycles. The standard InChI is InChI=1S/C21H35FN4O.HI/c1-15(2)5-4-6-16(3)25-21(23)24-14-17-7-8-20(19(22)13-17)26-11-9-18(27)10-12-26;/h7-8,13,15-16,18,27H,4-6,9-12,14H2,1-3H3,(H3,23,24,25);1H. The molecule has 2 rings (SSSR count). The van der Waals surface area contributed by atoms with Gasteiger partial charge in [0.15, 0.2) is 5.96 Å². The summed E-state index contributed by atoms with van der Waals surface area (Å²) in [5.74, 6) is 0.880. The Hall–Kier alpha value is -1.09. The molecule has 0 bridgehead atoms. The van der Waals surface area contributed by atoms with Crippen LogP contribution in [0, 0.1) is 11.7 Å². The maximum Gasteiger partial charge on any atom is 0.189 e. The molecule has 1 fully saturated rings. The zero-order chi connectivity index (χ0) is 19.8. The van der Waals surface area contributed by atoms with Gasteiger partial charge in [-0.1, -0.05) is 32.8 Å². The van der Waals surface area contributed by atoms with E-state index >= 15 is 0 Å². The predicted molar refractivity (Wildman–Crippen MR) is 126 cm³/mol. The molecule has 0 aliphatic carbocycles. The molecular weight excluding hydrogens is 470 g/mol. The number of piperidine rings is 1. The summed E-state index contributed by atoms with van der Waals surface area (Å²) in [6, 6.07) is 5.51. The van der Waals surface area contributed by atoms with Gasteiger partial charge in [0, 0.05) is 19.1 Å². The van der Waals surface area contributed by atoms with Gasteiger partial charge in [0.1, 0.15) is 5.82 Å². The number of nitrogens with two attached hydrogens (primary N) is 1. The number of benzene rings is 1. The summed E-state index contributed by atoms with van der Waals surface area (Å²) in [5, 5.41) is 12.8. The molecule has 7 heteroatoms. The third kappa shape index (κ3) is 8.51. The van der Waals surface area contributed by atoms with E-state index in [1.165, 1.54) is 18.9 Å². The number of hydrogen-bond acceptors (Lipinski definition) is 3. The lowest BCUT2D eigenvalue weighted by atomic mass is 10.0. The molecule has 0 aromatic heterocycles.